The van der Waals surface area contributed by atoms with Crippen LogP contribution in [0.25, 0.3) is 0 Å². The minimum atomic E-state index is -0.0150. The molecular weight excluding hydrogens is 226 g/mol. The van der Waals surface area contributed by atoms with E-state index >= 15 is 0 Å². The summed E-state index contributed by atoms with van der Waals surface area (Å²) in [6, 6.07) is 5.82. The van der Waals surface area contributed by atoms with Gasteiger partial charge in [-0.25, -0.2) is 0 Å². The number of aryl methyl sites for hydroxylation is 1. The maximum absolute atomic E-state index is 5.95. The van der Waals surface area contributed by atoms with Gasteiger partial charge in [-0.15, -0.1) is 23.2 Å². The predicted molar refractivity (Wildman–Crippen MR) is 60.3 cm³/mol. The predicted octanol–water partition coefficient (Wildman–Crippen LogP) is 4.04. The molecule has 0 nitrogen and oxygen atoms in total. The molecular formula is C10H11Cl3. The molecule has 0 N–H and O–H groups in total. The standard InChI is InChI=1S/C10H11Cl3/c1-7-2-3-9(12)4-8(7)5-10(13)6-11/h2-4,10H,5-6H2,1H3. The van der Waals surface area contributed by atoms with Gasteiger partial charge >= 0.3 is 0 Å². The zero-order valence-corrected chi connectivity index (χ0v) is 9.63. The highest BCUT2D eigenvalue weighted by Gasteiger charge is 2.06. The van der Waals surface area contributed by atoms with E-state index in [2.05, 4.69) is 0 Å². The van der Waals surface area contributed by atoms with Gasteiger partial charge in [-0.2, -0.15) is 0 Å². The van der Waals surface area contributed by atoms with Crippen molar-refractivity contribution in [3.05, 3.63) is 34.3 Å². The Hall–Kier alpha value is 0.0900. The molecule has 1 unspecified atom stereocenters. The summed E-state index contributed by atoms with van der Waals surface area (Å²) >= 11 is 17.4. The fourth-order valence-electron chi connectivity index (χ4n) is 1.15. The van der Waals surface area contributed by atoms with Crippen LogP contribution in [0.2, 0.25) is 5.02 Å². The Kier molecular flexibility index (Phi) is 4.37. The molecule has 1 rings (SSSR count). The molecule has 0 saturated heterocycles. The van der Waals surface area contributed by atoms with Crippen LogP contribution in [-0.2, 0) is 6.42 Å². The summed E-state index contributed by atoms with van der Waals surface area (Å²) in [7, 11) is 0. The Bertz CT molecular complexity index is 283. The van der Waals surface area contributed by atoms with Crippen molar-refractivity contribution in [1.29, 1.82) is 0 Å². The average Bonchev–Trinajstić information content (AvgIpc) is 2.11. The monoisotopic (exact) mass is 236 g/mol. The van der Waals surface area contributed by atoms with E-state index in [0.29, 0.717) is 5.88 Å². The molecule has 0 heterocycles. The molecule has 0 aliphatic heterocycles. The maximum Gasteiger partial charge on any atom is 0.0511 e. The van der Waals surface area contributed by atoms with Gasteiger partial charge in [0.2, 0.25) is 0 Å². The lowest BCUT2D eigenvalue weighted by atomic mass is 10.0. The van der Waals surface area contributed by atoms with Crippen molar-refractivity contribution < 1.29 is 0 Å². The van der Waals surface area contributed by atoms with Crippen LogP contribution in [0, 0.1) is 6.92 Å². The second-order valence-corrected chi connectivity index (χ2v) is 4.39. The summed E-state index contributed by atoms with van der Waals surface area (Å²) in [6.45, 7) is 2.05. The van der Waals surface area contributed by atoms with Gasteiger partial charge in [-0.3, -0.25) is 0 Å². The lowest BCUT2D eigenvalue weighted by Gasteiger charge is -2.08. The van der Waals surface area contributed by atoms with E-state index < -0.39 is 0 Å². The molecule has 1 aromatic carbocycles. The average molecular weight is 238 g/mol. The third kappa shape index (κ3) is 3.38. The van der Waals surface area contributed by atoms with Crippen LogP contribution in [-0.4, -0.2) is 11.3 Å². The van der Waals surface area contributed by atoms with E-state index in [1.54, 1.807) is 0 Å². The number of benzene rings is 1. The van der Waals surface area contributed by atoms with Crippen molar-refractivity contribution in [3.63, 3.8) is 0 Å². The van der Waals surface area contributed by atoms with Crippen molar-refractivity contribution in [3.8, 4) is 0 Å². The van der Waals surface area contributed by atoms with Crippen molar-refractivity contribution in [2.45, 2.75) is 18.7 Å². The van der Waals surface area contributed by atoms with Crippen LogP contribution in [0.5, 0.6) is 0 Å². The highest BCUT2D eigenvalue weighted by molar-refractivity contribution is 6.30. The van der Waals surface area contributed by atoms with Gasteiger partial charge in [0.25, 0.3) is 0 Å². The largest absolute Gasteiger partial charge is 0.125 e. The lowest BCUT2D eigenvalue weighted by Crippen LogP contribution is -2.05. The molecule has 13 heavy (non-hydrogen) atoms. The van der Waals surface area contributed by atoms with E-state index in [1.807, 2.05) is 25.1 Å². The van der Waals surface area contributed by atoms with Gasteiger partial charge in [-0.05, 0) is 36.6 Å². The van der Waals surface area contributed by atoms with Crippen molar-refractivity contribution in [2.75, 3.05) is 5.88 Å². The molecule has 3 heteroatoms. The fraction of sp³-hybridized carbons (Fsp3) is 0.400. The summed E-state index contributed by atoms with van der Waals surface area (Å²) in [5.41, 5.74) is 2.38. The molecule has 72 valence electrons. The first-order chi connectivity index (χ1) is 6.13. The van der Waals surface area contributed by atoms with Crippen LogP contribution < -0.4 is 0 Å². The van der Waals surface area contributed by atoms with E-state index in [4.69, 9.17) is 34.8 Å². The van der Waals surface area contributed by atoms with Crippen molar-refractivity contribution >= 4 is 34.8 Å². The molecule has 0 aliphatic carbocycles. The van der Waals surface area contributed by atoms with Gasteiger partial charge in [0, 0.05) is 10.9 Å². The molecule has 1 aromatic rings. The molecule has 1 atom stereocenters. The van der Waals surface area contributed by atoms with Gasteiger partial charge in [0.15, 0.2) is 0 Å². The van der Waals surface area contributed by atoms with Gasteiger partial charge < -0.3 is 0 Å². The Morgan fingerprint density at radius 3 is 2.69 bits per heavy atom. The summed E-state index contributed by atoms with van der Waals surface area (Å²) in [4.78, 5) is 0. The minimum absolute atomic E-state index is 0.0150. The number of hydrogen-bond donors (Lipinski definition) is 0. The van der Waals surface area contributed by atoms with E-state index in [1.165, 1.54) is 11.1 Å². The number of hydrogen-bond acceptors (Lipinski definition) is 0. The minimum Gasteiger partial charge on any atom is -0.125 e. The summed E-state index contributed by atoms with van der Waals surface area (Å²) in [5, 5.41) is 0.734. The molecule has 0 bridgehead atoms. The summed E-state index contributed by atoms with van der Waals surface area (Å²) in [5.74, 6) is 0.466. The maximum atomic E-state index is 5.95. The van der Waals surface area contributed by atoms with Crippen LogP contribution in [0.3, 0.4) is 0 Å². The molecule has 0 saturated carbocycles. The fourth-order valence-corrected chi connectivity index (χ4v) is 1.62. The molecule has 0 aromatic heterocycles. The van der Waals surface area contributed by atoms with Crippen LogP contribution >= 0.6 is 34.8 Å². The second kappa shape index (κ2) is 5.09. The van der Waals surface area contributed by atoms with E-state index in [0.717, 1.165) is 11.4 Å². The van der Waals surface area contributed by atoms with Crippen molar-refractivity contribution in [1.82, 2.24) is 0 Å². The summed E-state index contributed by atoms with van der Waals surface area (Å²) in [6.07, 6.45) is 0.775. The van der Waals surface area contributed by atoms with Crippen LogP contribution in [0.4, 0.5) is 0 Å². The van der Waals surface area contributed by atoms with Crippen molar-refractivity contribution in [2.24, 2.45) is 0 Å². The highest BCUT2D eigenvalue weighted by atomic mass is 35.5. The quantitative estimate of drug-likeness (QED) is 0.696. The van der Waals surface area contributed by atoms with Gasteiger partial charge in [0.1, 0.15) is 0 Å². The molecule has 0 aliphatic rings. The zero-order valence-electron chi connectivity index (χ0n) is 7.36. The number of rotatable bonds is 3. The normalized spacial score (nSPS) is 12.9. The van der Waals surface area contributed by atoms with E-state index in [9.17, 15) is 0 Å². The lowest BCUT2D eigenvalue weighted by molar-refractivity contribution is 0.928. The molecule has 0 fully saturated rings. The van der Waals surface area contributed by atoms with Gasteiger partial charge in [-0.1, -0.05) is 17.7 Å². The van der Waals surface area contributed by atoms with Gasteiger partial charge in [0.05, 0.1) is 5.38 Å². The Morgan fingerprint density at radius 1 is 1.38 bits per heavy atom. The zero-order chi connectivity index (χ0) is 9.84. The van der Waals surface area contributed by atoms with E-state index in [-0.39, 0.29) is 5.38 Å². The molecule has 0 radical (unpaired) electrons. The molecule has 0 amide bonds. The first kappa shape index (κ1) is 11.2. The SMILES string of the molecule is Cc1ccc(Cl)cc1CC(Cl)CCl. The third-order valence-electron chi connectivity index (χ3n) is 1.92. The first-order valence-electron chi connectivity index (χ1n) is 4.08. The third-order valence-corrected chi connectivity index (χ3v) is 2.99. The Labute approximate surface area is 93.8 Å². The molecule has 0 spiro atoms. The number of alkyl halides is 2. The summed E-state index contributed by atoms with van der Waals surface area (Å²) < 4.78 is 0. The number of halogens is 3. The Morgan fingerprint density at radius 2 is 2.08 bits per heavy atom. The Balaban J connectivity index is 2.81. The first-order valence-corrected chi connectivity index (χ1v) is 5.43. The van der Waals surface area contributed by atoms with Crippen LogP contribution in [0.1, 0.15) is 11.1 Å². The topological polar surface area (TPSA) is 0 Å². The second-order valence-electron chi connectivity index (χ2n) is 3.03. The smallest absolute Gasteiger partial charge is 0.0511 e. The highest BCUT2D eigenvalue weighted by Crippen LogP contribution is 2.18. The van der Waals surface area contributed by atoms with Crippen LogP contribution in [0.15, 0.2) is 18.2 Å².